The van der Waals surface area contributed by atoms with Crippen LogP contribution in [0.4, 0.5) is 0 Å². The van der Waals surface area contributed by atoms with Gasteiger partial charge in [0.1, 0.15) is 0 Å². The fraction of sp³-hybridized carbons (Fsp3) is 0.385. The predicted octanol–water partition coefficient (Wildman–Crippen LogP) is 4.33. The molecule has 1 aromatic rings. The molecule has 0 saturated carbocycles. The molecule has 0 N–H and O–H groups in total. The zero-order chi connectivity index (χ0) is 10.1. The quantitative estimate of drug-likeness (QED) is 0.676. The Balaban J connectivity index is 2.31. The van der Waals surface area contributed by atoms with Gasteiger partial charge in [-0.2, -0.15) is 0 Å². The summed E-state index contributed by atoms with van der Waals surface area (Å²) in [5.41, 5.74) is 4.26. The molecule has 2 rings (SSSR count). The zero-order valence-corrected chi connectivity index (χ0v) is 9.43. The first-order valence-electron chi connectivity index (χ1n) is 5.14. The molecule has 0 aromatic heterocycles. The largest absolute Gasteiger partial charge is 0.0843 e. The van der Waals surface area contributed by atoms with Gasteiger partial charge >= 0.3 is 0 Å². The third kappa shape index (κ3) is 1.85. The second kappa shape index (κ2) is 3.78. The highest BCUT2D eigenvalue weighted by atomic mass is 35.5. The molecule has 0 heterocycles. The molecule has 0 amide bonds. The van der Waals surface area contributed by atoms with Crippen molar-refractivity contribution in [2.45, 2.75) is 26.7 Å². The van der Waals surface area contributed by atoms with Crippen molar-refractivity contribution in [1.29, 1.82) is 0 Å². The van der Waals surface area contributed by atoms with E-state index in [9.17, 15) is 0 Å². The molecular formula is C13H15Cl. The van der Waals surface area contributed by atoms with E-state index >= 15 is 0 Å². The second-order valence-electron chi connectivity index (χ2n) is 4.33. The van der Waals surface area contributed by atoms with Gasteiger partial charge in [-0.05, 0) is 47.6 Å². The second-order valence-corrected chi connectivity index (χ2v) is 4.77. The van der Waals surface area contributed by atoms with Gasteiger partial charge in [-0.25, -0.2) is 0 Å². The highest BCUT2D eigenvalue weighted by Gasteiger charge is 2.14. The normalized spacial score (nSPS) is 14.4. The van der Waals surface area contributed by atoms with Crippen molar-refractivity contribution in [3.63, 3.8) is 0 Å². The van der Waals surface area contributed by atoms with Crippen LogP contribution in [-0.4, -0.2) is 0 Å². The van der Waals surface area contributed by atoms with E-state index in [2.05, 4.69) is 32.1 Å². The minimum Gasteiger partial charge on any atom is -0.0843 e. The summed E-state index contributed by atoms with van der Waals surface area (Å²) in [6.07, 6.45) is 4.57. The van der Waals surface area contributed by atoms with E-state index in [-0.39, 0.29) is 0 Å². The summed E-state index contributed by atoms with van der Waals surface area (Å²) in [4.78, 5) is 0. The van der Waals surface area contributed by atoms with Gasteiger partial charge in [0.2, 0.25) is 0 Å². The van der Waals surface area contributed by atoms with Crippen LogP contribution in [0.5, 0.6) is 0 Å². The average Bonchev–Trinajstić information content (AvgIpc) is 2.47. The van der Waals surface area contributed by atoms with E-state index in [4.69, 9.17) is 11.6 Å². The summed E-state index contributed by atoms with van der Waals surface area (Å²) in [6, 6.07) is 6.21. The number of fused-ring (bicyclic) bond motifs is 1. The molecule has 0 bridgehead atoms. The molecule has 0 unspecified atom stereocenters. The number of hydrogen-bond donors (Lipinski definition) is 0. The Morgan fingerprint density at radius 2 is 2.14 bits per heavy atom. The fourth-order valence-corrected chi connectivity index (χ4v) is 2.17. The lowest BCUT2D eigenvalue weighted by Crippen LogP contribution is -1.90. The zero-order valence-electron chi connectivity index (χ0n) is 8.68. The van der Waals surface area contributed by atoms with E-state index in [1.807, 2.05) is 6.07 Å². The lowest BCUT2D eigenvalue weighted by molar-refractivity contribution is 0.674. The van der Waals surface area contributed by atoms with Crippen LogP contribution in [0, 0.1) is 5.92 Å². The van der Waals surface area contributed by atoms with Crippen LogP contribution in [0.3, 0.4) is 0 Å². The van der Waals surface area contributed by atoms with Gasteiger partial charge in [-0.15, -0.1) is 0 Å². The minimum absolute atomic E-state index is 0.714. The van der Waals surface area contributed by atoms with E-state index in [1.165, 1.54) is 16.7 Å². The molecule has 1 aliphatic carbocycles. The average molecular weight is 207 g/mol. The van der Waals surface area contributed by atoms with Crippen LogP contribution >= 0.6 is 11.6 Å². The summed E-state index contributed by atoms with van der Waals surface area (Å²) in [6.45, 7) is 4.51. The first-order chi connectivity index (χ1) is 6.66. The maximum atomic E-state index is 6.00. The standard InChI is InChI=1S/C13H15Cl/c1-9(2)7-11-4-3-10-5-6-12(14)8-13(10)11/h4-6,8-9H,3,7H2,1-2H3. The molecule has 14 heavy (non-hydrogen) atoms. The highest BCUT2D eigenvalue weighted by Crippen LogP contribution is 2.33. The van der Waals surface area contributed by atoms with Gasteiger partial charge in [0, 0.05) is 5.02 Å². The molecule has 0 saturated heterocycles. The topological polar surface area (TPSA) is 0 Å². The van der Waals surface area contributed by atoms with E-state index in [1.54, 1.807) is 0 Å². The van der Waals surface area contributed by atoms with Gasteiger partial charge in [-0.3, -0.25) is 0 Å². The van der Waals surface area contributed by atoms with Crippen molar-refractivity contribution < 1.29 is 0 Å². The van der Waals surface area contributed by atoms with Crippen LogP contribution < -0.4 is 0 Å². The van der Waals surface area contributed by atoms with E-state index in [0.717, 1.165) is 17.9 Å². The van der Waals surface area contributed by atoms with E-state index < -0.39 is 0 Å². The summed E-state index contributed by atoms with van der Waals surface area (Å²) in [5, 5.41) is 0.848. The third-order valence-corrected chi connectivity index (χ3v) is 2.85. The SMILES string of the molecule is CC(C)CC1=CCc2ccc(Cl)cc21. The van der Waals surface area contributed by atoms with Crippen molar-refractivity contribution in [3.05, 3.63) is 40.4 Å². The number of halogens is 1. The van der Waals surface area contributed by atoms with Gasteiger partial charge in [0.25, 0.3) is 0 Å². The van der Waals surface area contributed by atoms with E-state index in [0.29, 0.717) is 5.92 Å². The van der Waals surface area contributed by atoms with Crippen molar-refractivity contribution in [3.8, 4) is 0 Å². The van der Waals surface area contributed by atoms with Gasteiger partial charge in [-0.1, -0.05) is 37.6 Å². The molecule has 0 radical (unpaired) electrons. The number of benzene rings is 1. The number of allylic oxidation sites excluding steroid dienone is 2. The third-order valence-electron chi connectivity index (χ3n) is 2.61. The summed E-state index contributed by atoms with van der Waals surface area (Å²) >= 11 is 6.00. The Morgan fingerprint density at radius 1 is 1.36 bits per heavy atom. The molecule has 1 heteroatoms. The van der Waals surface area contributed by atoms with Crippen LogP contribution in [0.15, 0.2) is 24.3 Å². The molecule has 0 spiro atoms. The first kappa shape index (κ1) is 9.79. The molecule has 0 nitrogen and oxygen atoms in total. The Morgan fingerprint density at radius 3 is 2.86 bits per heavy atom. The van der Waals surface area contributed by atoms with Gasteiger partial charge in [0.05, 0.1) is 0 Å². The van der Waals surface area contributed by atoms with Crippen LogP contribution in [-0.2, 0) is 6.42 Å². The first-order valence-corrected chi connectivity index (χ1v) is 5.52. The van der Waals surface area contributed by atoms with Gasteiger partial charge < -0.3 is 0 Å². The van der Waals surface area contributed by atoms with Crippen LogP contribution in [0.25, 0.3) is 5.57 Å². The molecule has 0 fully saturated rings. The van der Waals surface area contributed by atoms with Crippen molar-refractivity contribution in [1.82, 2.24) is 0 Å². The Kier molecular flexibility index (Phi) is 2.64. The predicted molar refractivity (Wildman–Crippen MR) is 62.6 cm³/mol. The number of rotatable bonds is 2. The summed E-state index contributed by atoms with van der Waals surface area (Å²) in [7, 11) is 0. The smallest absolute Gasteiger partial charge is 0.0412 e. The minimum atomic E-state index is 0.714. The lowest BCUT2D eigenvalue weighted by atomic mass is 9.98. The van der Waals surface area contributed by atoms with Crippen molar-refractivity contribution >= 4 is 17.2 Å². The lowest BCUT2D eigenvalue weighted by Gasteiger charge is -2.08. The molecule has 1 aliphatic rings. The van der Waals surface area contributed by atoms with Crippen LogP contribution in [0.1, 0.15) is 31.4 Å². The van der Waals surface area contributed by atoms with Crippen molar-refractivity contribution in [2.75, 3.05) is 0 Å². The highest BCUT2D eigenvalue weighted by molar-refractivity contribution is 6.30. The van der Waals surface area contributed by atoms with Crippen LogP contribution in [0.2, 0.25) is 5.02 Å². The molecular weight excluding hydrogens is 192 g/mol. The summed E-state index contributed by atoms with van der Waals surface area (Å²) < 4.78 is 0. The maximum Gasteiger partial charge on any atom is 0.0412 e. The number of hydrogen-bond acceptors (Lipinski definition) is 0. The van der Waals surface area contributed by atoms with Crippen molar-refractivity contribution in [2.24, 2.45) is 5.92 Å². The molecule has 0 atom stereocenters. The Labute approximate surface area is 90.6 Å². The fourth-order valence-electron chi connectivity index (χ4n) is 2.00. The molecule has 1 aromatic carbocycles. The maximum absolute atomic E-state index is 6.00. The Hall–Kier alpha value is -0.750. The molecule has 74 valence electrons. The molecule has 0 aliphatic heterocycles. The monoisotopic (exact) mass is 206 g/mol. The summed E-state index contributed by atoms with van der Waals surface area (Å²) in [5.74, 6) is 0.714. The van der Waals surface area contributed by atoms with Gasteiger partial charge in [0.15, 0.2) is 0 Å². The Bertz CT molecular complexity index is 375.